The summed E-state index contributed by atoms with van der Waals surface area (Å²) in [6.45, 7) is 21.5. The van der Waals surface area contributed by atoms with E-state index in [1.165, 1.54) is 21.9 Å². The second-order valence-electron chi connectivity index (χ2n) is 18.9. The zero-order valence-electron chi connectivity index (χ0n) is 40.3. The Bertz CT molecular complexity index is 2540. The maximum atomic E-state index is 15.3. The molecule has 3 N–H and O–H groups in total. The van der Waals surface area contributed by atoms with E-state index in [1.807, 2.05) is 52.0 Å². The lowest BCUT2D eigenvalue weighted by molar-refractivity contribution is -0.144. The average molecular weight is 984 g/mol. The molecule has 368 valence electrons. The minimum absolute atomic E-state index is 0.0227. The van der Waals surface area contributed by atoms with Crippen molar-refractivity contribution in [3.8, 4) is 16.2 Å². The van der Waals surface area contributed by atoms with Gasteiger partial charge in [-0.05, 0) is 112 Å². The number of hydrogen-bond donors (Lipinski definition) is 3. The van der Waals surface area contributed by atoms with Crippen LogP contribution in [0.3, 0.4) is 0 Å². The SMILES string of the molecule is [C-]#[N+]c1ccc(N2C(=O)C(C)(C)N(c3ccc(OCCCCCOCCCOCC(=O)N[C@H](C(=O)N4C[C@H](O)C[C@H]4C(=O)NCc4ccc(-c5scnc5C)cc4)C(C)(C)C)c(F)c3)C2=S)cc1C. The van der Waals surface area contributed by atoms with Gasteiger partial charge in [-0.1, -0.05) is 51.1 Å². The highest BCUT2D eigenvalue weighted by atomic mass is 32.1. The smallest absolute Gasteiger partial charge is 0.259 e. The number of halogens is 1. The van der Waals surface area contributed by atoms with Crippen LogP contribution in [0.5, 0.6) is 5.75 Å². The van der Waals surface area contributed by atoms with Gasteiger partial charge in [0.25, 0.3) is 5.91 Å². The van der Waals surface area contributed by atoms with Crippen LogP contribution in [0, 0.1) is 31.7 Å². The number of thiazole rings is 1. The third kappa shape index (κ3) is 12.9. The highest BCUT2D eigenvalue weighted by Gasteiger charge is 2.50. The number of nitrogens with one attached hydrogen (secondary N) is 2. The van der Waals surface area contributed by atoms with Gasteiger partial charge in [0.15, 0.2) is 22.4 Å². The lowest BCUT2D eigenvalue weighted by atomic mass is 9.85. The molecule has 0 spiro atoms. The van der Waals surface area contributed by atoms with E-state index in [4.69, 9.17) is 33.0 Å². The molecule has 2 aliphatic heterocycles. The number of anilines is 2. The van der Waals surface area contributed by atoms with Crippen molar-refractivity contribution in [1.82, 2.24) is 20.5 Å². The van der Waals surface area contributed by atoms with Gasteiger partial charge in [-0.15, -0.1) is 11.3 Å². The van der Waals surface area contributed by atoms with E-state index >= 15 is 4.39 Å². The molecule has 15 nitrogen and oxygen atoms in total. The average Bonchev–Trinajstić information content (AvgIpc) is 3.97. The van der Waals surface area contributed by atoms with Crippen LogP contribution < -0.4 is 25.2 Å². The molecule has 3 heterocycles. The molecule has 0 bridgehead atoms. The van der Waals surface area contributed by atoms with Gasteiger partial charge in [0, 0.05) is 56.8 Å². The summed E-state index contributed by atoms with van der Waals surface area (Å²) in [6, 6.07) is 15.6. The number of benzene rings is 3. The second-order valence-corrected chi connectivity index (χ2v) is 20.1. The molecule has 0 unspecified atom stereocenters. The molecule has 3 aromatic carbocycles. The normalized spacial score (nSPS) is 17.2. The van der Waals surface area contributed by atoms with E-state index in [0.717, 1.165) is 40.1 Å². The molecule has 2 fully saturated rings. The lowest BCUT2D eigenvalue weighted by Gasteiger charge is -2.35. The first-order valence-electron chi connectivity index (χ1n) is 23.1. The van der Waals surface area contributed by atoms with Gasteiger partial charge in [-0.25, -0.2) is 14.2 Å². The third-order valence-corrected chi connectivity index (χ3v) is 13.5. The maximum absolute atomic E-state index is 15.3. The Kier molecular flexibility index (Phi) is 17.6. The number of β-amino-alcohol motifs (C(OH)–C–C–N with tert-alkyl or cyclic N) is 1. The number of rotatable bonds is 21. The number of amides is 4. The summed E-state index contributed by atoms with van der Waals surface area (Å²) < 4.78 is 32.4. The number of nitrogens with zero attached hydrogens (tertiary/aromatic N) is 5. The van der Waals surface area contributed by atoms with Crippen molar-refractivity contribution in [1.29, 1.82) is 0 Å². The van der Waals surface area contributed by atoms with Gasteiger partial charge in [0.1, 0.15) is 24.2 Å². The van der Waals surface area contributed by atoms with Crippen LogP contribution in [0.15, 0.2) is 66.2 Å². The van der Waals surface area contributed by atoms with Crippen molar-refractivity contribution in [3.63, 3.8) is 0 Å². The molecule has 18 heteroatoms. The Hall–Kier alpha value is -5.84. The number of aliphatic hydroxyl groups is 1. The van der Waals surface area contributed by atoms with E-state index in [-0.39, 0.29) is 55.4 Å². The molecule has 0 aliphatic carbocycles. The molecule has 6 rings (SSSR count). The molecule has 4 aromatic rings. The van der Waals surface area contributed by atoms with E-state index in [2.05, 4.69) is 20.5 Å². The van der Waals surface area contributed by atoms with Gasteiger partial charge in [-0.2, -0.15) is 0 Å². The van der Waals surface area contributed by atoms with Crippen LogP contribution in [0.1, 0.15) is 83.5 Å². The number of aryl methyl sites for hydroxylation is 2. The summed E-state index contributed by atoms with van der Waals surface area (Å²) in [5.74, 6) is -2.04. The number of aromatic nitrogens is 1. The first-order valence-corrected chi connectivity index (χ1v) is 24.4. The summed E-state index contributed by atoms with van der Waals surface area (Å²) in [4.78, 5) is 67.2. The highest BCUT2D eigenvalue weighted by molar-refractivity contribution is 7.81. The zero-order chi connectivity index (χ0) is 50.0. The van der Waals surface area contributed by atoms with Crippen molar-refractivity contribution >= 4 is 69.4 Å². The summed E-state index contributed by atoms with van der Waals surface area (Å²) in [5, 5.41) is 16.5. The Balaban J connectivity index is 0.852. The predicted octanol–water partition coefficient (Wildman–Crippen LogP) is 7.82. The Labute approximate surface area is 413 Å². The van der Waals surface area contributed by atoms with Crippen molar-refractivity contribution in [2.75, 3.05) is 49.4 Å². The largest absolute Gasteiger partial charge is 0.491 e. The molecule has 2 aliphatic rings. The van der Waals surface area contributed by atoms with E-state index < -0.39 is 46.8 Å². The van der Waals surface area contributed by atoms with Crippen LogP contribution in [0.2, 0.25) is 0 Å². The Morgan fingerprint density at radius 2 is 1.68 bits per heavy atom. The molecule has 2 saturated heterocycles. The number of likely N-dealkylation sites (tertiary alicyclic amines) is 1. The fourth-order valence-electron chi connectivity index (χ4n) is 8.28. The Morgan fingerprint density at radius 1 is 0.986 bits per heavy atom. The first-order chi connectivity index (χ1) is 32.8. The van der Waals surface area contributed by atoms with Crippen molar-refractivity contribution in [3.05, 3.63) is 100 Å². The summed E-state index contributed by atoms with van der Waals surface area (Å²) in [7, 11) is 0. The van der Waals surface area contributed by atoms with Crippen LogP contribution in [-0.2, 0) is 35.2 Å². The molecular formula is C51H62FN7O8S2. The number of carbonyl (C=O) groups excluding carboxylic acids is 4. The summed E-state index contributed by atoms with van der Waals surface area (Å²) in [6.07, 6.45) is 1.99. The molecule has 69 heavy (non-hydrogen) atoms. The topological polar surface area (TPSA) is 167 Å². The predicted molar refractivity (Wildman–Crippen MR) is 268 cm³/mol. The molecule has 0 radical (unpaired) electrons. The number of hydrogen-bond acceptors (Lipinski definition) is 11. The van der Waals surface area contributed by atoms with Crippen LogP contribution in [0.25, 0.3) is 15.3 Å². The molecule has 0 saturated carbocycles. The lowest BCUT2D eigenvalue weighted by Crippen LogP contribution is -2.58. The van der Waals surface area contributed by atoms with Gasteiger partial charge in [0.2, 0.25) is 17.7 Å². The highest BCUT2D eigenvalue weighted by Crippen LogP contribution is 2.39. The standard InChI is InChI=1S/C51H62FN7O8S2/c1-32-25-36(17-19-40(32)53-8)58-48(64)51(6,7)59(49(58)68)37-18-20-42(39(52)26-37)67-24-11-9-10-21-65-22-12-23-66-30-43(61)56-45(50(3,4)5)47(63)57-29-38(60)27-41(57)46(62)54-28-34-13-15-35(16-14-34)44-33(2)55-31-69-44/h13-20,25-26,31,38,41,45,60H,9-12,21-24,27-30H2,1-7H3,(H,54,62)(H,56,61)/t38-,41+,45-/m1/s1. The van der Waals surface area contributed by atoms with Gasteiger partial charge in [0.05, 0.1) is 35.4 Å². The molecule has 4 amide bonds. The minimum atomic E-state index is -1.09. The number of thiocarbonyl (C=S) groups is 1. The minimum Gasteiger partial charge on any atom is -0.491 e. The summed E-state index contributed by atoms with van der Waals surface area (Å²) >= 11 is 7.30. The molecule has 3 atom stereocenters. The van der Waals surface area contributed by atoms with Crippen LogP contribution >= 0.6 is 23.6 Å². The molecular weight excluding hydrogens is 922 g/mol. The van der Waals surface area contributed by atoms with Gasteiger partial charge >= 0.3 is 0 Å². The third-order valence-electron chi connectivity index (χ3n) is 12.1. The Morgan fingerprint density at radius 3 is 2.35 bits per heavy atom. The van der Waals surface area contributed by atoms with Gasteiger partial charge in [-0.3, -0.25) is 24.1 Å². The number of carbonyl (C=O) groups is 4. The monoisotopic (exact) mass is 983 g/mol. The zero-order valence-corrected chi connectivity index (χ0v) is 41.9. The second kappa shape index (κ2) is 23.2. The molecule has 1 aromatic heterocycles. The fourth-order valence-corrected chi connectivity index (χ4v) is 9.62. The first kappa shape index (κ1) is 52.5. The number of aliphatic hydroxyl groups excluding tert-OH is 1. The van der Waals surface area contributed by atoms with Crippen LogP contribution in [0.4, 0.5) is 21.5 Å². The van der Waals surface area contributed by atoms with E-state index in [1.54, 1.807) is 66.8 Å². The maximum Gasteiger partial charge on any atom is 0.259 e. The van der Waals surface area contributed by atoms with Crippen LogP contribution in [-0.4, -0.2) is 107 Å². The van der Waals surface area contributed by atoms with Gasteiger partial charge < -0.3 is 39.8 Å². The van der Waals surface area contributed by atoms with E-state index in [9.17, 15) is 24.3 Å². The van der Waals surface area contributed by atoms with Crippen molar-refractivity contribution < 1.29 is 42.9 Å². The van der Waals surface area contributed by atoms with Crippen molar-refractivity contribution in [2.45, 2.75) is 111 Å². The fraction of sp³-hybridized carbons (Fsp3) is 0.471. The number of ether oxygens (including phenoxy) is 3. The number of unbranched alkanes of at least 4 members (excludes halogenated alkanes) is 2. The van der Waals surface area contributed by atoms with E-state index in [0.29, 0.717) is 49.7 Å². The van der Waals surface area contributed by atoms with Crippen molar-refractivity contribution in [2.24, 2.45) is 5.41 Å². The quantitative estimate of drug-likeness (QED) is 0.0423. The summed E-state index contributed by atoms with van der Waals surface area (Å²) in [5.41, 5.74) is 5.07.